The molecule has 5 nitrogen and oxygen atoms in total. The fourth-order valence-electron chi connectivity index (χ4n) is 3.94. The number of amides is 1. The standard InChI is InChI=1S/C16H27NO4/c18-13-6-2-1-5-12(13)11-17-14(19)9-16(10-15(20)21)7-3-4-8-16/h12-13,18H,1-11H2,(H,17,19)(H,20,21). The lowest BCUT2D eigenvalue weighted by Gasteiger charge is -2.29. The van der Waals surface area contributed by atoms with Crippen molar-refractivity contribution in [1.82, 2.24) is 5.32 Å². The highest BCUT2D eigenvalue weighted by molar-refractivity contribution is 5.78. The van der Waals surface area contributed by atoms with E-state index in [1.54, 1.807) is 0 Å². The maximum absolute atomic E-state index is 12.1. The van der Waals surface area contributed by atoms with E-state index in [-0.39, 0.29) is 29.8 Å². The molecule has 1 amide bonds. The third-order valence-electron chi connectivity index (χ3n) is 5.16. The monoisotopic (exact) mass is 297 g/mol. The number of carbonyl (C=O) groups is 2. The SMILES string of the molecule is O=C(O)CC1(CC(=O)NCC2CCCCC2O)CCCC1. The molecule has 21 heavy (non-hydrogen) atoms. The summed E-state index contributed by atoms with van der Waals surface area (Å²) in [5, 5.41) is 21.9. The first kappa shape index (κ1) is 16.3. The zero-order valence-electron chi connectivity index (χ0n) is 12.6. The van der Waals surface area contributed by atoms with Crippen molar-refractivity contribution in [3.63, 3.8) is 0 Å². The summed E-state index contributed by atoms with van der Waals surface area (Å²) < 4.78 is 0. The molecule has 2 aliphatic rings. The van der Waals surface area contributed by atoms with Gasteiger partial charge in [-0.1, -0.05) is 25.7 Å². The van der Waals surface area contributed by atoms with Crippen LogP contribution >= 0.6 is 0 Å². The lowest BCUT2D eigenvalue weighted by Crippen LogP contribution is -2.38. The Bertz CT molecular complexity index is 376. The fourth-order valence-corrected chi connectivity index (χ4v) is 3.94. The van der Waals surface area contributed by atoms with Gasteiger partial charge in [0.1, 0.15) is 0 Å². The van der Waals surface area contributed by atoms with Gasteiger partial charge in [-0.15, -0.1) is 0 Å². The molecular formula is C16H27NO4. The number of carboxylic acid groups (broad SMARTS) is 1. The van der Waals surface area contributed by atoms with Crippen LogP contribution in [0.1, 0.15) is 64.2 Å². The second-order valence-corrected chi connectivity index (χ2v) is 6.87. The molecule has 120 valence electrons. The van der Waals surface area contributed by atoms with Crippen molar-refractivity contribution in [2.24, 2.45) is 11.3 Å². The fraction of sp³-hybridized carbons (Fsp3) is 0.875. The van der Waals surface area contributed by atoms with Crippen LogP contribution in [0.25, 0.3) is 0 Å². The Labute approximate surface area is 126 Å². The van der Waals surface area contributed by atoms with Crippen LogP contribution in [0.2, 0.25) is 0 Å². The number of aliphatic hydroxyl groups excluding tert-OH is 1. The van der Waals surface area contributed by atoms with Crippen LogP contribution in [-0.2, 0) is 9.59 Å². The summed E-state index contributed by atoms with van der Waals surface area (Å²) in [4.78, 5) is 23.2. The summed E-state index contributed by atoms with van der Waals surface area (Å²) in [6.45, 7) is 0.517. The number of aliphatic carboxylic acids is 1. The number of nitrogens with one attached hydrogen (secondary N) is 1. The Hall–Kier alpha value is -1.10. The van der Waals surface area contributed by atoms with E-state index in [2.05, 4.69) is 5.32 Å². The Kier molecular flexibility index (Phi) is 5.62. The summed E-state index contributed by atoms with van der Waals surface area (Å²) in [6.07, 6.45) is 7.74. The number of carbonyl (C=O) groups excluding carboxylic acids is 1. The van der Waals surface area contributed by atoms with E-state index in [4.69, 9.17) is 5.11 Å². The Morgan fingerprint density at radius 3 is 2.33 bits per heavy atom. The van der Waals surface area contributed by atoms with Crippen molar-refractivity contribution in [2.75, 3.05) is 6.54 Å². The van der Waals surface area contributed by atoms with Gasteiger partial charge < -0.3 is 15.5 Å². The summed E-state index contributed by atoms with van der Waals surface area (Å²) >= 11 is 0. The molecule has 2 fully saturated rings. The van der Waals surface area contributed by atoms with E-state index in [0.29, 0.717) is 13.0 Å². The lowest BCUT2D eigenvalue weighted by molar-refractivity contribution is -0.140. The van der Waals surface area contributed by atoms with Gasteiger partial charge in [0.25, 0.3) is 0 Å². The van der Waals surface area contributed by atoms with E-state index >= 15 is 0 Å². The summed E-state index contributed by atoms with van der Waals surface area (Å²) in [6, 6.07) is 0. The number of hydrogen-bond donors (Lipinski definition) is 3. The molecule has 0 saturated heterocycles. The summed E-state index contributed by atoms with van der Waals surface area (Å²) in [7, 11) is 0. The molecule has 0 radical (unpaired) electrons. The molecule has 0 aromatic rings. The first-order valence-corrected chi connectivity index (χ1v) is 8.17. The number of rotatable bonds is 6. The van der Waals surface area contributed by atoms with Crippen LogP contribution in [-0.4, -0.2) is 34.7 Å². The zero-order valence-corrected chi connectivity index (χ0v) is 12.6. The predicted octanol–water partition coefficient (Wildman–Crippen LogP) is 2.08. The van der Waals surface area contributed by atoms with Gasteiger partial charge in [0, 0.05) is 18.9 Å². The van der Waals surface area contributed by atoms with Crippen molar-refractivity contribution in [3.05, 3.63) is 0 Å². The first-order valence-electron chi connectivity index (χ1n) is 8.17. The zero-order chi connectivity index (χ0) is 15.3. The molecule has 0 aliphatic heterocycles. The Balaban J connectivity index is 1.80. The van der Waals surface area contributed by atoms with Crippen molar-refractivity contribution >= 4 is 11.9 Å². The quantitative estimate of drug-likeness (QED) is 0.700. The molecule has 2 rings (SSSR count). The first-order chi connectivity index (χ1) is 10.0. The largest absolute Gasteiger partial charge is 0.481 e. The Morgan fingerprint density at radius 2 is 1.71 bits per heavy atom. The predicted molar refractivity (Wildman–Crippen MR) is 78.7 cm³/mol. The van der Waals surface area contributed by atoms with E-state index in [1.165, 1.54) is 0 Å². The molecule has 0 spiro atoms. The highest BCUT2D eigenvalue weighted by Crippen LogP contribution is 2.44. The average molecular weight is 297 g/mol. The second kappa shape index (κ2) is 7.25. The number of hydrogen-bond acceptors (Lipinski definition) is 3. The van der Waals surface area contributed by atoms with Gasteiger partial charge in [0.15, 0.2) is 0 Å². The molecule has 2 unspecified atom stereocenters. The van der Waals surface area contributed by atoms with Crippen LogP contribution in [0.4, 0.5) is 0 Å². The molecule has 3 N–H and O–H groups in total. The molecule has 0 bridgehead atoms. The number of carboxylic acids is 1. The maximum atomic E-state index is 12.1. The highest BCUT2D eigenvalue weighted by Gasteiger charge is 2.38. The van der Waals surface area contributed by atoms with Gasteiger partial charge in [-0.2, -0.15) is 0 Å². The van der Waals surface area contributed by atoms with Crippen molar-refractivity contribution in [1.29, 1.82) is 0 Å². The molecular weight excluding hydrogens is 270 g/mol. The van der Waals surface area contributed by atoms with Crippen LogP contribution in [0.3, 0.4) is 0 Å². The topological polar surface area (TPSA) is 86.6 Å². The minimum Gasteiger partial charge on any atom is -0.481 e. The van der Waals surface area contributed by atoms with Crippen LogP contribution in [0.5, 0.6) is 0 Å². The normalized spacial score (nSPS) is 28.2. The maximum Gasteiger partial charge on any atom is 0.303 e. The summed E-state index contributed by atoms with van der Waals surface area (Å²) in [5.41, 5.74) is -0.346. The molecule has 2 saturated carbocycles. The lowest BCUT2D eigenvalue weighted by atomic mass is 9.79. The average Bonchev–Trinajstić information content (AvgIpc) is 2.85. The van der Waals surface area contributed by atoms with Crippen molar-refractivity contribution < 1.29 is 19.8 Å². The van der Waals surface area contributed by atoms with Crippen molar-refractivity contribution in [3.8, 4) is 0 Å². The second-order valence-electron chi connectivity index (χ2n) is 6.87. The van der Waals surface area contributed by atoms with Gasteiger partial charge in [-0.3, -0.25) is 9.59 Å². The van der Waals surface area contributed by atoms with E-state index < -0.39 is 5.97 Å². The molecule has 0 heterocycles. The third-order valence-corrected chi connectivity index (χ3v) is 5.16. The van der Waals surface area contributed by atoms with E-state index in [0.717, 1.165) is 51.4 Å². The van der Waals surface area contributed by atoms with Gasteiger partial charge >= 0.3 is 5.97 Å². The van der Waals surface area contributed by atoms with Gasteiger partial charge in [-0.25, -0.2) is 0 Å². The molecule has 0 aromatic heterocycles. The van der Waals surface area contributed by atoms with Crippen LogP contribution < -0.4 is 5.32 Å². The van der Waals surface area contributed by atoms with E-state index in [9.17, 15) is 14.7 Å². The van der Waals surface area contributed by atoms with Gasteiger partial charge in [0.05, 0.1) is 12.5 Å². The molecule has 5 heteroatoms. The smallest absolute Gasteiger partial charge is 0.303 e. The van der Waals surface area contributed by atoms with Gasteiger partial charge in [-0.05, 0) is 31.1 Å². The molecule has 0 aromatic carbocycles. The minimum atomic E-state index is -0.813. The van der Waals surface area contributed by atoms with Crippen molar-refractivity contribution in [2.45, 2.75) is 70.3 Å². The third kappa shape index (κ3) is 4.70. The van der Waals surface area contributed by atoms with Gasteiger partial charge in [0.2, 0.25) is 5.91 Å². The van der Waals surface area contributed by atoms with E-state index in [1.807, 2.05) is 0 Å². The highest BCUT2D eigenvalue weighted by atomic mass is 16.4. The molecule has 2 atom stereocenters. The number of aliphatic hydroxyl groups is 1. The molecule has 2 aliphatic carbocycles. The van der Waals surface area contributed by atoms with Crippen LogP contribution in [0, 0.1) is 11.3 Å². The minimum absolute atomic E-state index is 0.0593. The van der Waals surface area contributed by atoms with Crippen LogP contribution in [0.15, 0.2) is 0 Å². The Morgan fingerprint density at radius 1 is 1.05 bits per heavy atom. The summed E-state index contributed by atoms with van der Waals surface area (Å²) in [5.74, 6) is -0.718.